The number of hydrogen-bond acceptors (Lipinski definition) is 2. The molecule has 1 aromatic carbocycles. The van der Waals surface area contributed by atoms with Crippen molar-refractivity contribution >= 4 is 5.91 Å². The lowest BCUT2D eigenvalue weighted by atomic mass is 10.1. The third kappa shape index (κ3) is 3.16. The molecule has 0 N–H and O–H groups in total. The van der Waals surface area contributed by atoms with Crippen molar-refractivity contribution in [1.29, 1.82) is 0 Å². The number of nitrogens with zero attached hydrogens (tertiary/aromatic N) is 2. The summed E-state index contributed by atoms with van der Waals surface area (Å²) in [5, 5.41) is 0. The molecule has 1 aromatic heterocycles. The van der Waals surface area contributed by atoms with E-state index in [4.69, 9.17) is 4.74 Å². The van der Waals surface area contributed by atoms with Gasteiger partial charge in [-0.1, -0.05) is 30.3 Å². The molecule has 110 valence electrons. The van der Waals surface area contributed by atoms with Gasteiger partial charge in [0.05, 0.1) is 25.6 Å². The van der Waals surface area contributed by atoms with E-state index in [0.29, 0.717) is 19.5 Å². The van der Waals surface area contributed by atoms with Gasteiger partial charge in [-0.2, -0.15) is 0 Å². The fourth-order valence-corrected chi connectivity index (χ4v) is 2.78. The summed E-state index contributed by atoms with van der Waals surface area (Å²) in [4.78, 5) is 14.5. The predicted octanol–water partition coefficient (Wildman–Crippen LogP) is 2.09. The highest BCUT2D eigenvalue weighted by atomic mass is 16.5. The van der Waals surface area contributed by atoms with Gasteiger partial charge in [0.25, 0.3) is 0 Å². The van der Waals surface area contributed by atoms with E-state index in [-0.39, 0.29) is 12.0 Å². The largest absolute Gasteiger partial charge is 0.378 e. The van der Waals surface area contributed by atoms with Gasteiger partial charge >= 0.3 is 0 Å². The summed E-state index contributed by atoms with van der Waals surface area (Å²) in [6.45, 7) is 2.09. The van der Waals surface area contributed by atoms with Gasteiger partial charge in [0, 0.05) is 25.5 Å². The highest BCUT2D eigenvalue weighted by Gasteiger charge is 2.24. The number of amides is 1. The number of aromatic nitrogens is 1. The minimum atomic E-state index is 0.0402. The summed E-state index contributed by atoms with van der Waals surface area (Å²) in [6, 6.07) is 14.0. The first-order chi connectivity index (χ1) is 10.3. The Bertz CT molecular complexity index is 606. The molecular weight excluding hydrogens is 264 g/mol. The SMILES string of the molecule is COC1CN(C(=O)Cc2ccccc2)Cc2cccn2C1. The van der Waals surface area contributed by atoms with Crippen LogP contribution in [0, 0.1) is 0 Å². The number of fused-ring (bicyclic) bond motifs is 1. The summed E-state index contributed by atoms with van der Waals surface area (Å²) >= 11 is 0. The van der Waals surface area contributed by atoms with E-state index in [1.54, 1.807) is 7.11 Å². The number of hydrogen-bond donors (Lipinski definition) is 0. The summed E-state index contributed by atoms with van der Waals surface area (Å²) in [5.74, 6) is 0.151. The number of ether oxygens (including phenoxy) is 1. The van der Waals surface area contributed by atoms with Crippen molar-refractivity contribution in [2.24, 2.45) is 0 Å². The molecule has 1 amide bonds. The first-order valence-electron chi connectivity index (χ1n) is 7.25. The van der Waals surface area contributed by atoms with Crippen LogP contribution in [0.4, 0.5) is 0 Å². The van der Waals surface area contributed by atoms with Crippen LogP contribution in [0.2, 0.25) is 0 Å². The molecule has 0 spiro atoms. The van der Waals surface area contributed by atoms with Crippen LogP contribution in [-0.4, -0.2) is 35.1 Å². The van der Waals surface area contributed by atoms with Gasteiger partial charge in [-0.25, -0.2) is 0 Å². The van der Waals surface area contributed by atoms with Gasteiger partial charge in [0.15, 0.2) is 0 Å². The zero-order valence-electron chi connectivity index (χ0n) is 12.2. The number of carbonyl (C=O) groups excluding carboxylic acids is 1. The van der Waals surface area contributed by atoms with Crippen LogP contribution >= 0.6 is 0 Å². The van der Waals surface area contributed by atoms with Gasteiger partial charge in [-0.15, -0.1) is 0 Å². The fourth-order valence-electron chi connectivity index (χ4n) is 2.78. The van der Waals surface area contributed by atoms with Crippen LogP contribution in [0.1, 0.15) is 11.3 Å². The van der Waals surface area contributed by atoms with E-state index in [1.807, 2.05) is 47.5 Å². The second-order valence-corrected chi connectivity index (χ2v) is 5.45. The summed E-state index contributed by atoms with van der Waals surface area (Å²) in [7, 11) is 1.71. The highest BCUT2D eigenvalue weighted by Crippen LogP contribution is 2.16. The molecule has 0 aliphatic carbocycles. The van der Waals surface area contributed by atoms with Crippen LogP contribution in [0.3, 0.4) is 0 Å². The maximum Gasteiger partial charge on any atom is 0.227 e. The van der Waals surface area contributed by atoms with Crippen LogP contribution in [0.5, 0.6) is 0 Å². The average molecular weight is 284 g/mol. The second kappa shape index (κ2) is 6.14. The molecule has 1 atom stereocenters. The molecule has 2 heterocycles. The van der Waals surface area contributed by atoms with E-state index in [0.717, 1.165) is 17.8 Å². The predicted molar refractivity (Wildman–Crippen MR) is 80.8 cm³/mol. The Morgan fingerprint density at radius 1 is 1.19 bits per heavy atom. The second-order valence-electron chi connectivity index (χ2n) is 5.45. The van der Waals surface area contributed by atoms with Crippen molar-refractivity contribution in [3.8, 4) is 0 Å². The fraction of sp³-hybridized carbons (Fsp3) is 0.353. The Hall–Kier alpha value is -2.07. The summed E-state index contributed by atoms with van der Waals surface area (Å²) in [5.41, 5.74) is 2.21. The molecule has 2 aromatic rings. The van der Waals surface area contributed by atoms with E-state index in [2.05, 4.69) is 10.6 Å². The zero-order valence-corrected chi connectivity index (χ0v) is 12.2. The van der Waals surface area contributed by atoms with E-state index in [1.165, 1.54) is 0 Å². The molecule has 21 heavy (non-hydrogen) atoms. The normalized spacial score (nSPS) is 18.1. The molecule has 4 nitrogen and oxygen atoms in total. The molecule has 0 saturated carbocycles. The van der Waals surface area contributed by atoms with Crippen molar-refractivity contribution in [3.63, 3.8) is 0 Å². The number of rotatable bonds is 3. The highest BCUT2D eigenvalue weighted by molar-refractivity contribution is 5.78. The number of carbonyl (C=O) groups is 1. The maximum absolute atomic E-state index is 12.6. The minimum Gasteiger partial charge on any atom is -0.378 e. The molecule has 1 aliphatic rings. The monoisotopic (exact) mass is 284 g/mol. The maximum atomic E-state index is 12.6. The molecule has 0 bridgehead atoms. The van der Waals surface area contributed by atoms with Crippen molar-refractivity contribution in [3.05, 3.63) is 59.9 Å². The Labute approximate surface area is 124 Å². The molecular formula is C17H20N2O2. The third-order valence-corrected chi connectivity index (χ3v) is 3.98. The molecule has 1 unspecified atom stereocenters. The third-order valence-electron chi connectivity index (χ3n) is 3.98. The quantitative estimate of drug-likeness (QED) is 0.865. The van der Waals surface area contributed by atoms with Gasteiger partial charge in [-0.3, -0.25) is 4.79 Å². The first kappa shape index (κ1) is 13.9. The molecule has 0 radical (unpaired) electrons. The smallest absolute Gasteiger partial charge is 0.227 e. The lowest BCUT2D eigenvalue weighted by Gasteiger charge is -2.23. The van der Waals surface area contributed by atoms with Gasteiger partial charge < -0.3 is 14.2 Å². The molecule has 3 rings (SSSR count). The standard InChI is InChI=1S/C17H20N2O2/c1-21-16-12-18-9-5-8-15(18)11-19(13-16)17(20)10-14-6-3-2-4-7-14/h2-9,16H,10-13H2,1H3. The van der Waals surface area contributed by atoms with Crippen molar-refractivity contribution in [1.82, 2.24) is 9.47 Å². The Kier molecular flexibility index (Phi) is 4.06. The van der Waals surface area contributed by atoms with E-state index in [9.17, 15) is 4.79 Å². The Morgan fingerprint density at radius 3 is 2.76 bits per heavy atom. The van der Waals surface area contributed by atoms with Crippen LogP contribution < -0.4 is 0 Å². The first-order valence-corrected chi connectivity index (χ1v) is 7.25. The van der Waals surface area contributed by atoms with Crippen molar-refractivity contribution in [2.75, 3.05) is 13.7 Å². The number of benzene rings is 1. The Balaban J connectivity index is 1.76. The summed E-state index contributed by atoms with van der Waals surface area (Å²) < 4.78 is 7.68. The van der Waals surface area contributed by atoms with Crippen LogP contribution in [-0.2, 0) is 29.0 Å². The molecule has 1 aliphatic heterocycles. The van der Waals surface area contributed by atoms with Gasteiger partial charge in [0.1, 0.15) is 0 Å². The number of methoxy groups -OCH3 is 1. The molecule has 0 fully saturated rings. The van der Waals surface area contributed by atoms with Crippen LogP contribution in [0.25, 0.3) is 0 Å². The van der Waals surface area contributed by atoms with E-state index < -0.39 is 0 Å². The topological polar surface area (TPSA) is 34.5 Å². The van der Waals surface area contributed by atoms with Gasteiger partial charge in [0.2, 0.25) is 5.91 Å². The average Bonchev–Trinajstić information content (AvgIpc) is 2.85. The van der Waals surface area contributed by atoms with Crippen molar-refractivity contribution in [2.45, 2.75) is 25.6 Å². The molecule has 4 heteroatoms. The lowest BCUT2D eigenvalue weighted by Crippen LogP contribution is -2.37. The zero-order chi connectivity index (χ0) is 14.7. The van der Waals surface area contributed by atoms with Crippen LogP contribution in [0.15, 0.2) is 48.7 Å². The van der Waals surface area contributed by atoms with E-state index >= 15 is 0 Å². The minimum absolute atomic E-state index is 0.0402. The lowest BCUT2D eigenvalue weighted by molar-refractivity contribution is -0.132. The van der Waals surface area contributed by atoms with Gasteiger partial charge in [-0.05, 0) is 17.7 Å². The van der Waals surface area contributed by atoms with Crippen molar-refractivity contribution < 1.29 is 9.53 Å². The molecule has 0 saturated heterocycles. The Morgan fingerprint density at radius 2 is 2.00 bits per heavy atom. The summed E-state index contributed by atoms with van der Waals surface area (Å²) in [6.07, 6.45) is 2.53.